The van der Waals surface area contributed by atoms with Crippen LogP contribution in [-0.2, 0) is 6.61 Å². The monoisotopic (exact) mass is 408 g/mol. The summed E-state index contributed by atoms with van der Waals surface area (Å²) < 4.78 is 7.99. The first-order valence-electron chi connectivity index (χ1n) is 8.90. The van der Waals surface area contributed by atoms with Gasteiger partial charge in [0.25, 0.3) is 0 Å². The van der Waals surface area contributed by atoms with Gasteiger partial charge >= 0.3 is 0 Å². The van der Waals surface area contributed by atoms with E-state index in [1.165, 1.54) is 5.56 Å². The summed E-state index contributed by atoms with van der Waals surface area (Å²) in [7, 11) is 0. The van der Waals surface area contributed by atoms with Crippen molar-refractivity contribution >= 4 is 23.2 Å². The lowest BCUT2D eigenvalue weighted by Gasteiger charge is -2.20. The van der Waals surface area contributed by atoms with Crippen molar-refractivity contribution in [3.8, 4) is 5.75 Å². The highest BCUT2D eigenvalue weighted by Gasteiger charge is 2.15. The Morgan fingerprint density at radius 2 is 1.64 bits per heavy atom. The second-order valence-corrected chi connectivity index (χ2v) is 7.26. The van der Waals surface area contributed by atoms with Gasteiger partial charge in [0.2, 0.25) is 0 Å². The van der Waals surface area contributed by atoms with Gasteiger partial charge in [-0.05, 0) is 35.4 Å². The number of aromatic nitrogens is 2. The van der Waals surface area contributed by atoms with Crippen molar-refractivity contribution < 1.29 is 4.74 Å². The molecule has 0 N–H and O–H groups in total. The van der Waals surface area contributed by atoms with E-state index in [1.807, 2.05) is 55.0 Å². The minimum absolute atomic E-state index is 0.0588. The number of hydrogen-bond donors (Lipinski definition) is 0. The van der Waals surface area contributed by atoms with Crippen LogP contribution in [0.25, 0.3) is 0 Å². The standard InChI is InChI=1S/C23H18Cl2N2O/c24-20-9-6-19(22(25)14-20)15-28-21-10-7-18(8-11-21)23(27-13-12-26-16-27)17-4-2-1-3-5-17/h1-14,16,23H,15H2. The lowest BCUT2D eigenvalue weighted by molar-refractivity contribution is 0.306. The average Bonchev–Trinajstić information content (AvgIpc) is 3.24. The van der Waals surface area contributed by atoms with Gasteiger partial charge in [0.15, 0.2) is 0 Å². The van der Waals surface area contributed by atoms with Gasteiger partial charge in [-0.1, -0.05) is 71.7 Å². The third-order valence-electron chi connectivity index (χ3n) is 4.54. The smallest absolute Gasteiger partial charge is 0.119 e. The summed E-state index contributed by atoms with van der Waals surface area (Å²) in [4.78, 5) is 4.21. The molecule has 0 radical (unpaired) electrons. The van der Waals surface area contributed by atoms with Crippen LogP contribution < -0.4 is 4.74 Å². The van der Waals surface area contributed by atoms with Crippen LogP contribution in [0.1, 0.15) is 22.7 Å². The molecule has 0 aliphatic heterocycles. The zero-order valence-corrected chi connectivity index (χ0v) is 16.5. The van der Waals surface area contributed by atoms with Crippen LogP contribution >= 0.6 is 23.2 Å². The fourth-order valence-corrected chi connectivity index (χ4v) is 3.60. The van der Waals surface area contributed by atoms with Crippen LogP contribution in [0.15, 0.2) is 91.5 Å². The lowest BCUT2D eigenvalue weighted by atomic mass is 9.98. The number of hydrogen-bond acceptors (Lipinski definition) is 2. The summed E-state index contributed by atoms with van der Waals surface area (Å²) in [6.07, 6.45) is 5.61. The molecule has 0 saturated carbocycles. The van der Waals surface area contributed by atoms with Crippen LogP contribution in [0, 0.1) is 0 Å². The topological polar surface area (TPSA) is 27.1 Å². The quantitative estimate of drug-likeness (QED) is 0.368. The molecule has 3 aromatic carbocycles. The van der Waals surface area contributed by atoms with Crippen LogP contribution in [0.3, 0.4) is 0 Å². The summed E-state index contributed by atoms with van der Waals surface area (Å²) >= 11 is 12.2. The normalized spacial score (nSPS) is 11.9. The summed E-state index contributed by atoms with van der Waals surface area (Å²) in [5.41, 5.74) is 3.25. The molecule has 0 spiro atoms. The molecule has 1 heterocycles. The van der Waals surface area contributed by atoms with Crippen LogP contribution in [0.2, 0.25) is 10.0 Å². The Labute approximate surface area is 174 Å². The van der Waals surface area contributed by atoms with Crippen molar-refractivity contribution in [1.29, 1.82) is 0 Å². The molecule has 0 aliphatic rings. The van der Waals surface area contributed by atoms with Gasteiger partial charge in [-0.15, -0.1) is 0 Å². The number of rotatable bonds is 6. The molecule has 1 atom stereocenters. The van der Waals surface area contributed by atoms with Crippen LogP contribution in [-0.4, -0.2) is 9.55 Å². The van der Waals surface area contributed by atoms with Crippen molar-refractivity contribution in [3.63, 3.8) is 0 Å². The highest BCUT2D eigenvalue weighted by molar-refractivity contribution is 6.35. The van der Waals surface area contributed by atoms with Crippen LogP contribution in [0.5, 0.6) is 5.75 Å². The second kappa shape index (κ2) is 8.51. The lowest BCUT2D eigenvalue weighted by Crippen LogP contribution is -2.10. The summed E-state index contributed by atoms with van der Waals surface area (Å²) in [6, 6.07) is 23.9. The number of nitrogens with zero attached hydrogens (tertiary/aromatic N) is 2. The Balaban J connectivity index is 1.54. The Kier molecular flexibility index (Phi) is 5.65. The highest BCUT2D eigenvalue weighted by atomic mass is 35.5. The third kappa shape index (κ3) is 4.22. The number of ether oxygens (including phenoxy) is 1. The van der Waals surface area contributed by atoms with Gasteiger partial charge in [0.1, 0.15) is 12.4 Å². The minimum atomic E-state index is 0.0588. The molecule has 1 unspecified atom stereocenters. The summed E-state index contributed by atoms with van der Waals surface area (Å²) in [5.74, 6) is 0.784. The van der Waals surface area contributed by atoms with Gasteiger partial charge in [-0.25, -0.2) is 4.98 Å². The molecular weight excluding hydrogens is 391 g/mol. The summed E-state index contributed by atoms with van der Waals surface area (Å²) in [5, 5.41) is 1.22. The van der Waals surface area contributed by atoms with E-state index in [9.17, 15) is 0 Å². The number of imidazole rings is 1. The van der Waals surface area contributed by atoms with E-state index in [-0.39, 0.29) is 6.04 Å². The Morgan fingerprint density at radius 3 is 2.32 bits per heavy atom. The van der Waals surface area contributed by atoms with Crippen molar-refractivity contribution in [2.24, 2.45) is 0 Å². The highest BCUT2D eigenvalue weighted by Crippen LogP contribution is 2.28. The van der Waals surface area contributed by atoms with Gasteiger partial charge in [0, 0.05) is 28.0 Å². The Bertz CT molecular complexity index is 1030. The molecular formula is C23H18Cl2N2O. The van der Waals surface area contributed by atoms with E-state index in [0.29, 0.717) is 16.7 Å². The first-order valence-corrected chi connectivity index (χ1v) is 9.65. The van der Waals surface area contributed by atoms with Crippen molar-refractivity contribution in [2.75, 3.05) is 0 Å². The van der Waals surface area contributed by atoms with E-state index in [0.717, 1.165) is 16.9 Å². The van der Waals surface area contributed by atoms with Gasteiger partial charge in [-0.2, -0.15) is 0 Å². The minimum Gasteiger partial charge on any atom is -0.489 e. The van der Waals surface area contributed by atoms with E-state index < -0.39 is 0 Å². The maximum Gasteiger partial charge on any atom is 0.119 e. The molecule has 0 saturated heterocycles. The SMILES string of the molecule is Clc1ccc(COc2ccc(C(c3ccccc3)n3ccnc3)cc2)c(Cl)c1. The van der Waals surface area contributed by atoms with E-state index in [1.54, 1.807) is 12.3 Å². The molecule has 0 fully saturated rings. The summed E-state index contributed by atoms with van der Waals surface area (Å²) in [6.45, 7) is 0.388. The predicted octanol–water partition coefficient (Wildman–Crippen LogP) is 6.41. The number of halogens is 2. The second-order valence-electron chi connectivity index (χ2n) is 6.42. The predicted molar refractivity (Wildman–Crippen MR) is 113 cm³/mol. The molecule has 3 nitrogen and oxygen atoms in total. The van der Waals surface area contributed by atoms with E-state index >= 15 is 0 Å². The molecule has 4 aromatic rings. The largest absolute Gasteiger partial charge is 0.489 e. The maximum absolute atomic E-state index is 6.21. The van der Waals surface area contributed by atoms with Gasteiger partial charge in [0.05, 0.1) is 12.4 Å². The maximum atomic E-state index is 6.21. The molecule has 140 valence electrons. The molecule has 1 aromatic heterocycles. The molecule has 4 rings (SSSR count). The Hall–Kier alpha value is -2.75. The van der Waals surface area contributed by atoms with E-state index in [4.69, 9.17) is 27.9 Å². The first-order chi connectivity index (χ1) is 13.7. The van der Waals surface area contributed by atoms with Crippen LogP contribution in [0.4, 0.5) is 0 Å². The fraction of sp³-hybridized carbons (Fsp3) is 0.0870. The van der Waals surface area contributed by atoms with E-state index in [2.05, 4.69) is 33.8 Å². The molecule has 5 heteroatoms. The zero-order valence-electron chi connectivity index (χ0n) is 15.0. The van der Waals surface area contributed by atoms with Gasteiger partial charge in [-0.3, -0.25) is 0 Å². The van der Waals surface area contributed by atoms with Crippen molar-refractivity contribution in [3.05, 3.63) is 118 Å². The molecule has 0 aliphatic carbocycles. The average molecular weight is 409 g/mol. The molecule has 0 bridgehead atoms. The van der Waals surface area contributed by atoms with Crippen molar-refractivity contribution in [2.45, 2.75) is 12.6 Å². The first kappa shape index (κ1) is 18.6. The molecule has 0 amide bonds. The Morgan fingerprint density at radius 1 is 0.893 bits per heavy atom. The fourth-order valence-electron chi connectivity index (χ4n) is 3.14. The number of benzene rings is 3. The van der Waals surface area contributed by atoms with Crippen molar-refractivity contribution in [1.82, 2.24) is 9.55 Å². The van der Waals surface area contributed by atoms with Gasteiger partial charge < -0.3 is 9.30 Å². The third-order valence-corrected chi connectivity index (χ3v) is 5.13. The molecule has 28 heavy (non-hydrogen) atoms. The zero-order chi connectivity index (χ0) is 19.3.